The molecule has 1 aromatic heterocycles. The van der Waals surface area contributed by atoms with E-state index in [4.69, 9.17) is 10.8 Å². The molecule has 50 valence electrons. The SMILES string of the molecule is C#CC(=O)c1occc1Br. The molecule has 3 heteroatoms. The van der Waals surface area contributed by atoms with Crippen molar-refractivity contribution < 1.29 is 9.21 Å². The van der Waals surface area contributed by atoms with Gasteiger partial charge in [-0.3, -0.25) is 4.79 Å². The maximum atomic E-state index is 10.7. The third kappa shape index (κ3) is 1.12. The molecule has 0 aliphatic rings. The van der Waals surface area contributed by atoms with Gasteiger partial charge in [0.05, 0.1) is 10.7 Å². The van der Waals surface area contributed by atoms with Crippen LogP contribution < -0.4 is 0 Å². The Kier molecular flexibility index (Phi) is 1.93. The molecule has 1 rings (SSSR count). The number of terminal acetylenes is 1. The number of hydrogen-bond acceptors (Lipinski definition) is 2. The molecule has 0 radical (unpaired) electrons. The smallest absolute Gasteiger partial charge is 0.272 e. The maximum Gasteiger partial charge on any atom is 0.272 e. The van der Waals surface area contributed by atoms with E-state index < -0.39 is 5.78 Å². The van der Waals surface area contributed by atoms with Gasteiger partial charge in [-0.25, -0.2) is 0 Å². The lowest BCUT2D eigenvalue weighted by Crippen LogP contribution is -1.91. The summed E-state index contributed by atoms with van der Waals surface area (Å²) in [6.07, 6.45) is 6.25. The van der Waals surface area contributed by atoms with Crippen LogP contribution in [0.3, 0.4) is 0 Å². The first-order valence-electron chi connectivity index (χ1n) is 2.49. The predicted molar refractivity (Wildman–Crippen MR) is 39.6 cm³/mol. The minimum Gasteiger partial charge on any atom is -0.459 e. The van der Waals surface area contributed by atoms with E-state index in [0.717, 1.165) is 0 Å². The molecule has 0 spiro atoms. The van der Waals surface area contributed by atoms with Crippen LogP contribution in [0.4, 0.5) is 0 Å². The Labute approximate surface area is 66.3 Å². The zero-order chi connectivity index (χ0) is 7.56. The van der Waals surface area contributed by atoms with E-state index in [1.807, 2.05) is 5.92 Å². The van der Waals surface area contributed by atoms with Crippen molar-refractivity contribution in [2.75, 3.05) is 0 Å². The van der Waals surface area contributed by atoms with Crippen LogP contribution in [0.1, 0.15) is 10.6 Å². The van der Waals surface area contributed by atoms with E-state index in [-0.39, 0.29) is 5.76 Å². The number of carbonyl (C=O) groups is 1. The molecule has 0 N–H and O–H groups in total. The fourth-order valence-corrected chi connectivity index (χ4v) is 0.903. The van der Waals surface area contributed by atoms with Gasteiger partial charge in [0.2, 0.25) is 0 Å². The normalized spacial score (nSPS) is 8.80. The average molecular weight is 199 g/mol. The molecular formula is C7H3BrO2. The maximum absolute atomic E-state index is 10.7. The van der Waals surface area contributed by atoms with E-state index in [0.29, 0.717) is 4.47 Å². The van der Waals surface area contributed by atoms with Crippen molar-refractivity contribution in [1.82, 2.24) is 0 Å². The zero-order valence-corrected chi connectivity index (χ0v) is 6.51. The molecule has 0 aromatic carbocycles. The molecule has 1 aromatic rings. The van der Waals surface area contributed by atoms with Crippen LogP contribution >= 0.6 is 15.9 Å². The zero-order valence-electron chi connectivity index (χ0n) is 4.93. The predicted octanol–water partition coefficient (Wildman–Crippen LogP) is 1.86. The van der Waals surface area contributed by atoms with Gasteiger partial charge in [0.1, 0.15) is 0 Å². The summed E-state index contributed by atoms with van der Waals surface area (Å²) in [7, 11) is 0. The van der Waals surface area contributed by atoms with Crippen molar-refractivity contribution in [3.05, 3.63) is 22.6 Å². The van der Waals surface area contributed by atoms with Crippen molar-refractivity contribution in [1.29, 1.82) is 0 Å². The molecule has 0 amide bonds. The van der Waals surface area contributed by atoms with Crippen LogP contribution in [0.15, 0.2) is 21.2 Å². The number of Topliss-reactive ketones (excluding diaryl/α,β-unsaturated/α-hetero) is 1. The molecular weight excluding hydrogens is 196 g/mol. The molecule has 0 aliphatic carbocycles. The Bertz CT molecular complexity index is 293. The lowest BCUT2D eigenvalue weighted by molar-refractivity contribution is 0.103. The monoisotopic (exact) mass is 198 g/mol. The molecule has 0 atom stereocenters. The highest BCUT2D eigenvalue weighted by molar-refractivity contribution is 9.10. The average Bonchev–Trinajstić information content (AvgIpc) is 2.34. The Hall–Kier alpha value is -1.01. The second-order valence-corrected chi connectivity index (χ2v) is 2.43. The Morgan fingerprint density at radius 3 is 2.90 bits per heavy atom. The van der Waals surface area contributed by atoms with Crippen molar-refractivity contribution in [3.8, 4) is 12.3 Å². The van der Waals surface area contributed by atoms with Crippen LogP contribution in [-0.2, 0) is 0 Å². The number of hydrogen-bond donors (Lipinski definition) is 0. The van der Waals surface area contributed by atoms with Gasteiger partial charge in [0, 0.05) is 0 Å². The van der Waals surface area contributed by atoms with Gasteiger partial charge >= 0.3 is 0 Å². The highest BCUT2D eigenvalue weighted by Crippen LogP contribution is 2.17. The molecule has 0 aliphatic heterocycles. The highest BCUT2D eigenvalue weighted by Gasteiger charge is 2.09. The van der Waals surface area contributed by atoms with Crippen LogP contribution in [0, 0.1) is 12.3 Å². The Balaban J connectivity index is 3.08. The van der Waals surface area contributed by atoms with Gasteiger partial charge in [-0.05, 0) is 27.9 Å². The van der Waals surface area contributed by atoms with Crippen molar-refractivity contribution in [2.24, 2.45) is 0 Å². The molecule has 0 bridgehead atoms. The van der Waals surface area contributed by atoms with E-state index in [9.17, 15) is 4.79 Å². The third-order valence-electron chi connectivity index (χ3n) is 0.955. The summed E-state index contributed by atoms with van der Waals surface area (Å²) < 4.78 is 5.37. The van der Waals surface area contributed by atoms with Gasteiger partial charge in [0.25, 0.3) is 5.78 Å². The first kappa shape index (κ1) is 7.10. The van der Waals surface area contributed by atoms with Gasteiger partial charge in [0.15, 0.2) is 5.76 Å². The molecule has 1 heterocycles. The number of ketones is 1. The highest BCUT2D eigenvalue weighted by atomic mass is 79.9. The summed E-state index contributed by atoms with van der Waals surface area (Å²) in [5, 5.41) is 0. The second-order valence-electron chi connectivity index (χ2n) is 1.57. The Morgan fingerprint density at radius 2 is 2.50 bits per heavy atom. The largest absolute Gasteiger partial charge is 0.459 e. The number of rotatable bonds is 1. The minimum atomic E-state index is -0.447. The topological polar surface area (TPSA) is 30.2 Å². The van der Waals surface area contributed by atoms with Crippen LogP contribution in [0.2, 0.25) is 0 Å². The van der Waals surface area contributed by atoms with E-state index in [1.165, 1.54) is 6.26 Å². The van der Waals surface area contributed by atoms with Crippen molar-refractivity contribution in [3.63, 3.8) is 0 Å². The summed E-state index contributed by atoms with van der Waals surface area (Å²) in [5.74, 6) is 1.68. The van der Waals surface area contributed by atoms with E-state index >= 15 is 0 Å². The van der Waals surface area contributed by atoms with E-state index in [1.54, 1.807) is 6.07 Å². The van der Waals surface area contributed by atoms with Crippen molar-refractivity contribution in [2.45, 2.75) is 0 Å². The van der Waals surface area contributed by atoms with Crippen molar-refractivity contribution >= 4 is 21.7 Å². The standard InChI is InChI=1S/C7H3BrO2/c1-2-6(9)7-5(8)3-4-10-7/h1,3-4H. The minimum absolute atomic E-state index is 0.183. The third-order valence-corrected chi connectivity index (χ3v) is 1.58. The van der Waals surface area contributed by atoms with Crippen LogP contribution in [0.25, 0.3) is 0 Å². The quantitative estimate of drug-likeness (QED) is 0.392. The Morgan fingerprint density at radius 1 is 1.80 bits per heavy atom. The number of furan rings is 1. The molecule has 0 fully saturated rings. The molecule has 10 heavy (non-hydrogen) atoms. The summed E-state index contributed by atoms with van der Waals surface area (Å²) in [5.41, 5.74) is 0. The fraction of sp³-hybridized carbons (Fsp3) is 0. The van der Waals surface area contributed by atoms with Gasteiger partial charge in [-0.2, -0.15) is 0 Å². The summed E-state index contributed by atoms with van der Waals surface area (Å²) in [4.78, 5) is 10.7. The molecule has 0 unspecified atom stereocenters. The van der Waals surface area contributed by atoms with Gasteiger partial charge in [-0.1, -0.05) is 0 Å². The molecule has 0 saturated carbocycles. The lowest BCUT2D eigenvalue weighted by Gasteiger charge is -1.84. The summed E-state index contributed by atoms with van der Waals surface area (Å²) in [6.45, 7) is 0. The summed E-state index contributed by atoms with van der Waals surface area (Å²) in [6, 6.07) is 1.62. The number of halogens is 1. The van der Waals surface area contributed by atoms with Gasteiger partial charge in [-0.15, -0.1) is 6.42 Å². The fourth-order valence-electron chi connectivity index (χ4n) is 0.521. The van der Waals surface area contributed by atoms with Crippen LogP contribution in [0.5, 0.6) is 0 Å². The molecule has 0 saturated heterocycles. The molecule has 2 nitrogen and oxygen atoms in total. The summed E-state index contributed by atoms with van der Waals surface area (Å²) >= 11 is 3.10. The van der Waals surface area contributed by atoms with Crippen LogP contribution in [-0.4, -0.2) is 5.78 Å². The second kappa shape index (κ2) is 2.72. The van der Waals surface area contributed by atoms with E-state index in [2.05, 4.69) is 15.9 Å². The number of carbonyl (C=O) groups excluding carboxylic acids is 1. The first-order chi connectivity index (χ1) is 4.75. The lowest BCUT2D eigenvalue weighted by atomic mass is 10.3. The first-order valence-corrected chi connectivity index (χ1v) is 3.29. The van der Waals surface area contributed by atoms with Gasteiger partial charge < -0.3 is 4.42 Å².